The molecule has 1 aromatic heterocycles. The molecule has 6 nitrogen and oxygen atoms in total. The van der Waals surface area contributed by atoms with Gasteiger partial charge in [0, 0.05) is 23.9 Å². The van der Waals surface area contributed by atoms with Gasteiger partial charge in [-0.3, -0.25) is 4.79 Å². The largest absolute Gasteiger partial charge is 0.493 e. The highest BCUT2D eigenvalue weighted by molar-refractivity contribution is 7.14. The average molecular weight is 364 g/mol. The third-order valence-corrected chi connectivity index (χ3v) is 4.55. The zero-order valence-electron chi connectivity index (χ0n) is 14.8. The van der Waals surface area contributed by atoms with E-state index in [-0.39, 0.29) is 5.97 Å². The summed E-state index contributed by atoms with van der Waals surface area (Å²) in [5.74, 6) is 1.24. The molecule has 1 heterocycles. The van der Waals surface area contributed by atoms with Gasteiger partial charge in [-0.05, 0) is 31.0 Å². The number of nitrogens with zero attached hydrogens (tertiary/aromatic N) is 1. The Bertz CT molecular complexity index is 687. The zero-order valence-corrected chi connectivity index (χ0v) is 15.6. The molecule has 0 saturated heterocycles. The van der Waals surface area contributed by atoms with Crippen molar-refractivity contribution >= 4 is 22.4 Å². The standard InChI is InChI=1S/C18H24N2O4S/c1-22-15-9-8-13(11-16(15)23-2)14-12-25-18(20-14)19-10-6-4-5-7-17(21)24-3/h8-9,11-12H,4-7,10H2,1-3H3,(H,19,20). The number of anilines is 1. The van der Waals surface area contributed by atoms with Crippen molar-refractivity contribution in [3.05, 3.63) is 23.6 Å². The summed E-state index contributed by atoms with van der Waals surface area (Å²) in [6.45, 7) is 0.833. The second-order valence-electron chi connectivity index (χ2n) is 5.42. The summed E-state index contributed by atoms with van der Waals surface area (Å²) in [5, 5.41) is 6.22. The normalized spacial score (nSPS) is 10.4. The predicted octanol–water partition coefficient (Wildman–Crippen LogP) is 3.97. The van der Waals surface area contributed by atoms with Crippen LogP contribution in [0.15, 0.2) is 23.6 Å². The molecule has 25 heavy (non-hydrogen) atoms. The molecule has 0 aliphatic heterocycles. The van der Waals surface area contributed by atoms with E-state index in [1.807, 2.05) is 23.6 Å². The third kappa shape index (κ3) is 5.63. The fourth-order valence-electron chi connectivity index (χ4n) is 2.35. The predicted molar refractivity (Wildman–Crippen MR) is 99.6 cm³/mol. The lowest BCUT2D eigenvalue weighted by Crippen LogP contribution is -2.03. The zero-order chi connectivity index (χ0) is 18.1. The van der Waals surface area contributed by atoms with Gasteiger partial charge in [-0.25, -0.2) is 4.98 Å². The van der Waals surface area contributed by atoms with Crippen molar-refractivity contribution in [2.75, 3.05) is 33.2 Å². The number of carbonyl (C=O) groups excluding carboxylic acids is 1. The smallest absolute Gasteiger partial charge is 0.305 e. The van der Waals surface area contributed by atoms with Crippen molar-refractivity contribution in [2.45, 2.75) is 25.7 Å². The van der Waals surface area contributed by atoms with Gasteiger partial charge in [-0.15, -0.1) is 11.3 Å². The number of carbonyl (C=O) groups is 1. The van der Waals surface area contributed by atoms with Crippen LogP contribution in [0.4, 0.5) is 5.13 Å². The van der Waals surface area contributed by atoms with E-state index in [4.69, 9.17) is 9.47 Å². The van der Waals surface area contributed by atoms with Gasteiger partial charge >= 0.3 is 5.97 Å². The maximum atomic E-state index is 11.0. The first kappa shape index (κ1) is 19.1. The number of hydrogen-bond donors (Lipinski definition) is 1. The summed E-state index contributed by atoms with van der Waals surface area (Å²) in [4.78, 5) is 15.6. The van der Waals surface area contributed by atoms with E-state index >= 15 is 0 Å². The molecule has 0 radical (unpaired) electrons. The molecule has 0 amide bonds. The van der Waals surface area contributed by atoms with E-state index in [9.17, 15) is 4.79 Å². The number of ether oxygens (including phenoxy) is 3. The van der Waals surface area contributed by atoms with Crippen LogP contribution in [0.25, 0.3) is 11.3 Å². The lowest BCUT2D eigenvalue weighted by atomic mass is 10.1. The second kappa shape index (κ2) is 9.88. The summed E-state index contributed by atoms with van der Waals surface area (Å²) in [5.41, 5.74) is 1.89. The fourth-order valence-corrected chi connectivity index (χ4v) is 3.10. The Morgan fingerprint density at radius 3 is 2.64 bits per heavy atom. The van der Waals surface area contributed by atoms with Crippen molar-refractivity contribution in [2.24, 2.45) is 0 Å². The maximum absolute atomic E-state index is 11.0. The van der Waals surface area contributed by atoms with Crippen molar-refractivity contribution in [1.82, 2.24) is 4.98 Å². The summed E-state index contributed by atoms with van der Waals surface area (Å²) >= 11 is 1.57. The summed E-state index contributed by atoms with van der Waals surface area (Å²) in [6, 6.07) is 5.76. The topological polar surface area (TPSA) is 69.7 Å². The van der Waals surface area contributed by atoms with Gasteiger partial charge in [-0.2, -0.15) is 0 Å². The number of esters is 1. The van der Waals surface area contributed by atoms with E-state index in [1.54, 1.807) is 25.6 Å². The summed E-state index contributed by atoms with van der Waals surface area (Å²) < 4.78 is 15.2. The Balaban J connectivity index is 1.83. The molecule has 2 aromatic rings. The van der Waals surface area contributed by atoms with Gasteiger partial charge in [0.25, 0.3) is 0 Å². The second-order valence-corrected chi connectivity index (χ2v) is 6.28. The van der Waals surface area contributed by atoms with Crippen LogP contribution >= 0.6 is 11.3 Å². The number of unbranched alkanes of at least 4 members (excludes halogenated alkanes) is 2. The molecule has 0 atom stereocenters. The Labute approximate surface area is 152 Å². The van der Waals surface area contributed by atoms with Crippen molar-refractivity contribution in [3.63, 3.8) is 0 Å². The van der Waals surface area contributed by atoms with Crippen molar-refractivity contribution < 1.29 is 19.0 Å². The molecule has 0 aliphatic carbocycles. The number of rotatable bonds is 10. The summed E-state index contributed by atoms with van der Waals surface area (Å²) in [7, 11) is 4.66. The van der Waals surface area contributed by atoms with Gasteiger partial charge in [0.2, 0.25) is 0 Å². The molecular weight excluding hydrogens is 340 g/mol. The summed E-state index contributed by atoms with van der Waals surface area (Å²) in [6.07, 6.45) is 3.30. The number of thiazole rings is 1. The fraction of sp³-hybridized carbons (Fsp3) is 0.444. The van der Waals surface area contributed by atoms with Gasteiger partial charge in [0.05, 0.1) is 27.0 Å². The molecule has 0 saturated carbocycles. The van der Waals surface area contributed by atoms with Crippen molar-refractivity contribution in [1.29, 1.82) is 0 Å². The molecule has 1 N–H and O–H groups in total. The van der Waals surface area contributed by atoms with Gasteiger partial charge in [-0.1, -0.05) is 6.42 Å². The maximum Gasteiger partial charge on any atom is 0.305 e. The van der Waals surface area contributed by atoms with Crippen LogP contribution in [0.1, 0.15) is 25.7 Å². The first-order valence-electron chi connectivity index (χ1n) is 8.16. The number of aromatic nitrogens is 1. The Hall–Kier alpha value is -2.28. The molecule has 136 valence electrons. The first-order chi connectivity index (χ1) is 12.2. The molecule has 0 unspecified atom stereocenters. The van der Waals surface area contributed by atoms with E-state index in [1.165, 1.54) is 7.11 Å². The molecular formula is C18H24N2O4S. The van der Waals surface area contributed by atoms with Crippen LogP contribution in [0.3, 0.4) is 0 Å². The number of methoxy groups -OCH3 is 3. The number of hydrogen-bond acceptors (Lipinski definition) is 7. The molecule has 1 aromatic carbocycles. The quantitative estimate of drug-likeness (QED) is 0.508. The first-order valence-corrected chi connectivity index (χ1v) is 9.04. The van der Waals surface area contributed by atoms with E-state index in [2.05, 4.69) is 15.0 Å². The minimum atomic E-state index is -0.146. The van der Waals surface area contributed by atoms with E-state index in [0.717, 1.165) is 42.2 Å². The molecule has 0 fully saturated rings. The van der Waals surface area contributed by atoms with Crippen LogP contribution in [-0.2, 0) is 9.53 Å². The molecule has 0 bridgehead atoms. The highest BCUT2D eigenvalue weighted by Crippen LogP contribution is 2.33. The Kier molecular flexibility index (Phi) is 7.53. The van der Waals surface area contributed by atoms with Crippen LogP contribution in [0.5, 0.6) is 11.5 Å². The number of nitrogens with one attached hydrogen (secondary N) is 1. The Morgan fingerprint density at radius 2 is 1.92 bits per heavy atom. The minimum absolute atomic E-state index is 0.146. The molecule has 0 spiro atoms. The third-order valence-electron chi connectivity index (χ3n) is 3.75. The van der Waals surface area contributed by atoms with Crippen LogP contribution < -0.4 is 14.8 Å². The van der Waals surface area contributed by atoms with Crippen LogP contribution in [0, 0.1) is 0 Å². The lowest BCUT2D eigenvalue weighted by Gasteiger charge is -2.08. The van der Waals surface area contributed by atoms with Gasteiger partial charge in [0.1, 0.15) is 0 Å². The lowest BCUT2D eigenvalue weighted by molar-refractivity contribution is -0.140. The van der Waals surface area contributed by atoms with Crippen LogP contribution in [0.2, 0.25) is 0 Å². The SMILES string of the molecule is COC(=O)CCCCCNc1nc(-c2ccc(OC)c(OC)c2)cs1. The molecule has 0 aliphatic rings. The molecule has 2 rings (SSSR count). The van der Waals surface area contributed by atoms with Crippen molar-refractivity contribution in [3.8, 4) is 22.8 Å². The minimum Gasteiger partial charge on any atom is -0.493 e. The number of benzene rings is 1. The average Bonchev–Trinajstić information content (AvgIpc) is 3.12. The monoisotopic (exact) mass is 364 g/mol. The Morgan fingerprint density at radius 1 is 1.12 bits per heavy atom. The van der Waals surface area contributed by atoms with Crippen LogP contribution in [-0.4, -0.2) is 38.8 Å². The van der Waals surface area contributed by atoms with E-state index in [0.29, 0.717) is 17.9 Å². The highest BCUT2D eigenvalue weighted by atomic mass is 32.1. The molecule has 7 heteroatoms. The van der Waals surface area contributed by atoms with E-state index < -0.39 is 0 Å². The highest BCUT2D eigenvalue weighted by Gasteiger charge is 2.09. The van der Waals surface area contributed by atoms with Gasteiger partial charge < -0.3 is 19.5 Å². The van der Waals surface area contributed by atoms with Gasteiger partial charge in [0.15, 0.2) is 16.6 Å².